The Balaban J connectivity index is 2.26. The molecule has 8 nitrogen and oxygen atoms in total. The number of methoxy groups -OCH3 is 1. The van der Waals surface area contributed by atoms with Gasteiger partial charge in [-0.25, -0.2) is 9.78 Å². The minimum atomic E-state index is -1.14. The number of aliphatic carboxylic acids is 1. The van der Waals surface area contributed by atoms with Crippen molar-refractivity contribution in [1.82, 2.24) is 4.98 Å². The maximum absolute atomic E-state index is 11.3. The number of nitrogen functional groups attached to an aromatic ring is 1. The van der Waals surface area contributed by atoms with Crippen LogP contribution in [0.1, 0.15) is 12.5 Å². The van der Waals surface area contributed by atoms with E-state index >= 15 is 0 Å². The van der Waals surface area contributed by atoms with Crippen LogP contribution in [-0.2, 0) is 4.79 Å². The van der Waals surface area contributed by atoms with Crippen molar-refractivity contribution in [2.45, 2.75) is 13.0 Å². The van der Waals surface area contributed by atoms with E-state index in [0.29, 0.717) is 28.3 Å². The number of carboxylic acid groups (broad SMARTS) is 1. The summed E-state index contributed by atoms with van der Waals surface area (Å²) in [7, 11) is 1.44. The highest BCUT2D eigenvalue weighted by Gasteiger charge is 2.23. The number of pyridine rings is 1. The summed E-state index contributed by atoms with van der Waals surface area (Å²) >= 11 is 0. The van der Waals surface area contributed by atoms with E-state index in [-0.39, 0.29) is 17.1 Å². The molecular formula is C20H17N3O5. The molecule has 3 aromatic rings. The monoisotopic (exact) mass is 379 g/mol. The molecule has 142 valence electrons. The molecule has 0 amide bonds. The van der Waals surface area contributed by atoms with E-state index in [4.69, 9.17) is 19.6 Å². The molecule has 0 spiro atoms. The number of para-hydroxylation sites is 1. The fraction of sp³-hybridized carbons (Fsp3) is 0.150. The van der Waals surface area contributed by atoms with Gasteiger partial charge < -0.3 is 24.7 Å². The van der Waals surface area contributed by atoms with E-state index in [1.807, 2.05) is 6.07 Å². The fourth-order valence-corrected chi connectivity index (χ4v) is 2.68. The lowest BCUT2D eigenvalue weighted by atomic mass is 9.98. The average molecular weight is 379 g/mol. The van der Waals surface area contributed by atoms with Gasteiger partial charge in [0.2, 0.25) is 0 Å². The summed E-state index contributed by atoms with van der Waals surface area (Å²) in [6.45, 7) is 1.40. The Morgan fingerprint density at radius 1 is 1.32 bits per heavy atom. The number of hydrogen-bond acceptors (Lipinski definition) is 7. The Morgan fingerprint density at radius 3 is 2.71 bits per heavy atom. The van der Waals surface area contributed by atoms with Gasteiger partial charge in [-0.05, 0) is 31.2 Å². The van der Waals surface area contributed by atoms with Crippen molar-refractivity contribution >= 4 is 11.8 Å². The number of carboxylic acids is 1. The molecule has 2 aromatic heterocycles. The second kappa shape index (κ2) is 7.72. The molecule has 0 unspecified atom stereocenters. The fourth-order valence-electron chi connectivity index (χ4n) is 2.68. The molecule has 0 fully saturated rings. The van der Waals surface area contributed by atoms with E-state index in [1.54, 1.807) is 36.4 Å². The van der Waals surface area contributed by atoms with Crippen LogP contribution in [-0.4, -0.2) is 29.3 Å². The van der Waals surface area contributed by atoms with Crippen molar-refractivity contribution in [3.05, 3.63) is 48.2 Å². The smallest absolute Gasteiger partial charge is 0.344 e. The first-order chi connectivity index (χ1) is 13.5. The van der Waals surface area contributed by atoms with Gasteiger partial charge in [0.05, 0.1) is 13.4 Å². The molecular weight excluding hydrogens is 362 g/mol. The number of nitrogens with two attached hydrogens (primary N) is 1. The lowest BCUT2D eigenvalue weighted by Crippen LogP contribution is -2.23. The molecule has 3 N–H and O–H groups in total. The first-order valence-electron chi connectivity index (χ1n) is 8.27. The molecule has 1 aromatic carbocycles. The molecule has 2 heterocycles. The minimum absolute atomic E-state index is 0.0199. The second-order valence-electron chi connectivity index (χ2n) is 5.84. The van der Waals surface area contributed by atoms with E-state index in [2.05, 4.69) is 4.98 Å². The molecule has 0 radical (unpaired) electrons. The van der Waals surface area contributed by atoms with Gasteiger partial charge in [-0.2, -0.15) is 5.26 Å². The molecule has 0 aliphatic heterocycles. The molecule has 28 heavy (non-hydrogen) atoms. The predicted molar refractivity (Wildman–Crippen MR) is 101 cm³/mol. The summed E-state index contributed by atoms with van der Waals surface area (Å²) in [6.07, 6.45) is 0.365. The molecule has 0 bridgehead atoms. The lowest BCUT2D eigenvalue weighted by Gasteiger charge is -2.18. The molecule has 0 saturated heterocycles. The summed E-state index contributed by atoms with van der Waals surface area (Å²) in [4.78, 5) is 15.5. The second-order valence-corrected chi connectivity index (χ2v) is 5.84. The third-order valence-corrected chi connectivity index (χ3v) is 4.06. The first-order valence-corrected chi connectivity index (χ1v) is 8.27. The zero-order valence-electron chi connectivity index (χ0n) is 15.2. The van der Waals surface area contributed by atoms with Crippen LogP contribution in [0.4, 0.5) is 5.82 Å². The summed E-state index contributed by atoms with van der Waals surface area (Å²) in [5.74, 6) is -0.132. The van der Waals surface area contributed by atoms with Crippen LogP contribution in [0, 0.1) is 11.3 Å². The van der Waals surface area contributed by atoms with Crippen LogP contribution in [0.2, 0.25) is 0 Å². The normalized spacial score (nSPS) is 11.5. The van der Waals surface area contributed by atoms with Gasteiger partial charge in [0.1, 0.15) is 23.1 Å². The highest BCUT2D eigenvalue weighted by molar-refractivity contribution is 5.84. The maximum atomic E-state index is 11.3. The molecule has 0 aliphatic carbocycles. The Labute approximate surface area is 160 Å². The van der Waals surface area contributed by atoms with E-state index in [9.17, 15) is 15.2 Å². The number of hydrogen-bond donors (Lipinski definition) is 2. The van der Waals surface area contributed by atoms with Gasteiger partial charge in [-0.3, -0.25) is 0 Å². The van der Waals surface area contributed by atoms with Gasteiger partial charge >= 0.3 is 5.97 Å². The van der Waals surface area contributed by atoms with Crippen molar-refractivity contribution in [2.75, 3.05) is 12.8 Å². The lowest BCUT2D eigenvalue weighted by molar-refractivity contribution is -0.144. The van der Waals surface area contributed by atoms with Gasteiger partial charge in [0.25, 0.3) is 0 Å². The summed E-state index contributed by atoms with van der Waals surface area (Å²) in [6, 6.07) is 12.1. The van der Waals surface area contributed by atoms with Crippen LogP contribution in [0.5, 0.6) is 11.5 Å². The molecule has 3 rings (SSSR count). The zero-order valence-corrected chi connectivity index (χ0v) is 15.2. The SMILES string of the molecule is COc1cccc(-c2cc(-c3ccco3)nc(N)c2C#N)c1O[C@H](C)C(=O)O. The molecule has 1 atom stereocenters. The third kappa shape index (κ3) is 3.46. The molecule has 0 aliphatic rings. The first kappa shape index (κ1) is 18.8. The number of aromatic nitrogens is 1. The number of rotatable bonds is 6. The Hall–Kier alpha value is -3.99. The number of anilines is 1. The molecule has 0 saturated carbocycles. The number of nitriles is 1. The topological polar surface area (TPSA) is 132 Å². The standard InChI is InChI=1S/C20H17N3O5/c1-11(20(24)25)28-18-12(5-3-6-17(18)26-2)13-9-15(16-7-4-8-27-16)23-19(22)14(13)10-21/h3-9,11H,1-2H3,(H2,22,23)(H,24,25)/t11-/m1/s1. The van der Waals surface area contributed by atoms with E-state index < -0.39 is 12.1 Å². The number of nitrogens with zero attached hydrogens (tertiary/aromatic N) is 2. The average Bonchev–Trinajstić information content (AvgIpc) is 3.22. The van der Waals surface area contributed by atoms with Gasteiger partial charge in [0.15, 0.2) is 23.4 Å². The van der Waals surface area contributed by atoms with E-state index in [0.717, 1.165) is 0 Å². The highest BCUT2D eigenvalue weighted by atomic mass is 16.5. The van der Waals surface area contributed by atoms with Gasteiger partial charge in [-0.1, -0.05) is 12.1 Å². The van der Waals surface area contributed by atoms with E-state index in [1.165, 1.54) is 20.3 Å². The minimum Gasteiger partial charge on any atom is -0.493 e. The van der Waals surface area contributed by atoms with Crippen molar-refractivity contribution in [3.63, 3.8) is 0 Å². The maximum Gasteiger partial charge on any atom is 0.344 e. The molecule has 8 heteroatoms. The largest absolute Gasteiger partial charge is 0.493 e. The number of carbonyl (C=O) groups is 1. The highest BCUT2D eigenvalue weighted by Crippen LogP contribution is 2.42. The summed E-state index contributed by atoms with van der Waals surface area (Å²) in [5, 5.41) is 18.8. The Kier molecular flexibility index (Phi) is 5.18. The number of benzene rings is 1. The van der Waals surface area contributed by atoms with Crippen molar-refractivity contribution in [3.8, 4) is 40.1 Å². The summed E-state index contributed by atoms with van der Waals surface area (Å²) in [5.41, 5.74) is 7.44. The van der Waals surface area contributed by atoms with Crippen molar-refractivity contribution < 1.29 is 23.8 Å². The van der Waals surface area contributed by atoms with Crippen molar-refractivity contribution in [1.29, 1.82) is 5.26 Å². The van der Waals surface area contributed by atoms with Crippen LogP contribution in [0.3, 0.4) is 0 Å². The van der Waals surface area contributed by atoms with Crippen LogP contribution < -0.4 is 15.2 Å². The number of ether oxygens (including phenoxy) is 2. The van der Waals surface area contributed by atoms with Gasteiger partial charge in [0, 0.05) is 11.1 Å². The van der Waals surface area contributed by atoms with Crippen LogP contribution in [0.25, 0.3) is 22.6 Å². The quantitative estimate of drug-likeness (QED) is 0.666. The summed E-state index contributed by atoms with van der Waals surface area (Å²) < 4.78 is 16.3. The Morgan fingerprint density at radius 2 is 2.11 bits per heavy atom. The van der Waals surface area contributed by atoms with Crippen molar-refractivity contribution in [2.24, 2.45) is 0 Å². The third-order valence-electron chi connectivity index (χ3n) is 4.06. The van der Waals surface area contributed by atoms with Gasteiger partial charge in [-0.15, -0.1) is 0 Å². The predicted octanol–water partition coefficient (Wildman–Crippen LogP) is 3.32. The Bertz CT molecular complexity index is 1050. The zero-order chi connectivity index (χ0) is 20.3. The van der Waals surface area contributed by atoms with Crippen LogP contribution in [0.15, 0.2) is 47.1 Å². The number of furan rings is 1. The van der Waals surface area contributed by atoms with Crippen LogP contribution >= 0.6 is 0 Å².